The quantitative estimate of drug-likeness (QED) is 0.410. The highest BCUT2D eigenvalue weighted by molar-refractivity contribution is 5.94. The number of nitrogens with two attached hydrogens (primary N) is 1. The molecule has 2 saturated heterocycles. The second-order valence-electron chi connectivity index (χ2n) is 14.4. The van der Waals surface area contributed by atoms with Gasteiger partial charge in [-0.1, -0.05) is 71.4 Å². The Hall–Kier alpha value is -1.43. The number of carbonyl (C=O) groups excluding carboxylic acids is 1. The molecule has 4 aliphatic rings. The minimum Gasteiger partial charge on any atom is -0.349 e. The van der Waals surface area contributed by atoms with Crippen LogP contribution in [-0.2, 0) is 5.41 Å². The number of amides is 1. The summed E-state index contributed by atoms with van der Waals surface area (Å²) in [7, 11) is 0. The fourth-order valence-electron chi connectivity index (χ4n) is 7.40. The Morgan fingerprint density at radius 1 is 0.725 bits per heavy atom. The molecule has 5 rings (SSSR count). The van der Waals surface area contributed by atoms with Crippen LogP contribution < -0.4 is 11.1 Å². The molecule has 0 bridgehead atoms. The van der Waals surface area contributed by atoms with Crippen LogP contribution in [0.2, 0.25) is 0 Å². The van der Waals surface area contributed by atoms with Crippen LogP contribution in [0.1, 0.15) is 127 Å². The molecule has 1 amide bonds. The van der Waals surface area contributed by atoms with Crippen molar-refractivity contribution in [3.8, 4) is 0 Å². The predicted octanol–water partition coefficient (Wildman–Crippen LogP) is 6.75. The van der Waals surface area contributed by atoms with E-state index in [0.717, 1.165) is 24.4 Å². The first-order valence-corrected chi connectivity index (χ1v) is 16.9. The third-order valence-electron chi connectivity index (χ3n) is 10.1. The molecule has 2 heterocycles. The van der Waals surface area contributed by atoms with Gasteiger partial charge >= 0.3 is 0 Å². The summed E-state index contributed by atoms with van der Waals surface area (Å²) in [6.45, 7) is 14.2. The lowest BCUT2D eigenvalue weighted by molar-refractivity contribution is 0.0877. The number of nitrogens with zero attached hydrogens (tertiary/aromatic N) is 2. The van der Waals surface area contributed by atoms with Crippen LogP contribution in [0.3, 0.4) is 0 Å². The number of likely N-dealkylation sites (tertiary alicyclic amines) is 2. The van der Waals surface area contributed by atoms with Crippen molar-refractivity contribution >= 4 is 5.91 Å². The van der Waals surface area contributed by atoms with Gasteiger partial charge in [0.25, 0.3) is 5.91 Å². The first-order chi connectivity index (χ1) is 19.3. The van der Waals surface area contributed by atoms with E-state index in [1.807, 2.05) is 12.1 Å². The van der Waals surface area contributed by atoms with Gasteiger partial charge in [0.05, 0.1) is 0 Å². The summed E-state index contributed by atoms with van der Waals surface area (Å²) >= 11 is 0. The van der Waals surface area contributed by atoms with E-state index < -0.39 is 0 Å². The predicted molar refractivity (Wildman–Crippen MR) is 169 cm³/mol. The third kappa shape index (κ3) is 9.84. The molecule has 40 heavy (non-hydrogen) atoms. The lowest BCUT2D eigenvalue weighted by Gasteiger charge is -2.37. The topological polar surface area (TPSA) is 61.6 Å². The van der Waals surface area contributed by atoms with Crippen LogP contribution in [0.15, 0.2) is 24.3 Å². The summed E-state index contributed by atoms with van der Waals surface area (Å²) in [5, 5.41) is 3.37. The highest BCUT2D eigenvalue weighted by Crippen LogP contribution is 2.28. The summed E-state index contributed by atoms with van der Waals surface area (Å²) in [5.74, 6) is 1.50. The Morgan fingerprint density at radius 2 is 1.23 bits per heavy atom. The second-order valence-corrected chi connectivity index (χ2v) is 14.4. The van der Waals surface area contributed by atoms with Gasteiger partial charge in [0.15, 0.2) is 0 Å². The van der Waals surface area contributed by atoms with Crippen molar-refractivity contribution in [1.82, 2.24) is 15.1 Å². The number of carbonyl (C=O) groups is 1. The van der Waals surface area contributed by atoms with Crippen LogP contribution in [0.5, 0.6) is 0 Å². The van der Waals surface area contributed by atoms with Crippen molar-refractivity contribution in [3.63, 3.8) is 0 Å². The van der Waals surface area contributed by atoms with E-state index in [-0.39, 0.29) is 11.3 Å². The molecule has 1 aromatic rings. The van der Waals surface area contributed by atoms with Crippen molar-refractivity contribution in [2.24, 2.45) is 17.6 Å². The van der Waals surface area contributed by atoms with Crippen molar-refractivity contribution in [2.75, 3.05) is 39.3 Å². The van der Waals surface area contributed by atoms with Gasteiger partial charge < -0.3 is 20.9 Å². The summed E-state index contributed by atoms with van der Waals surface area (Å²) in [5.41, 5.74) is 8.36. The van der Waals surface area contributed by atoms with Crippen LogP contribution in [-0.4, -0.2) is 67.1 Å². The number of nitrogens with one attached hydrogen (secondary N) is 1. The molecular formula is C35H60N4O. The molecule has 2 unspecified atom stereocenters. The normalized spacial score (nSPS) is 28.8. The first-order valence-electron chi connectivity index (χ1n) is 16.9. The van der Waals surface area contributed by atoms with Gasteiger partial charge in [-0.2, -0.15) is 0 Å². The molecule has 1 aromatic carbocycles. The van der Waals surface area contributed by atoms with Crippen LogP contribution in [0.25, 0.3) is 0 Å². The van der Waals surface area contributed by atoms with E-state index in [2.05, 4.69) is 48.0 Å². The molecule has 2 saturated carbocycles. The lowest BCUT2D eigenvalue weighted by atomic mass is 9.83. The van der Waals surface area contributed by atoms with Gasteiger partial charge in [-0.3, -0.25) is 4.79 Å². The van der Waals surface area contributed by atoms with Gasteiger partial charge in [-0.25, -0.2) is 0 Å². The lowest BCUT2D eigenvalue weighted by Crippen LogP contribution is -2.47. The SMILES string of the molecule is CC(C)(C)c1ccc(C(=O)N[C@@H]2CCCC[C@H]2CN2CCCCC2)cc1.NC1CCCCC1CN1CCCCC1. The molecule has 0 aromatic heterocycles. The summed E-state index contributed by atoms with van der Waals surface area (Å²) in [6.07, 6.45) is 18.6. The molecule has 5 nitrogen and oxygen atoms in total. The van der Waals surface area contributed by atoms with Crippen molar-refractivity contribution < 1.29 is 4.79 Å². The minimum absolute atomic E-state index is 0.0982. The number of hydrogen-bond donors (Lipinski definition) is 2. The van der Waals surface area contributed by atoms with Crippen molar-refractivity contribution in [3.05, 3.63) is 35.4 Å². The monoisotopic (exact) mass is 552 g/mol. The fourth-order valence-corrected chi connectivity index (χ4v) is 7.40. The largest absolute Gasteiger partial charge is 0.349 e. The van der Waals surface area contributed by atoms with Crippen molar-refractivity contribution in [2.45, 2.75) is 128 Å². The number of hydrogen-bond acceptors (Lipinski definition) is 4. The zero-order valence-electron chi connectivity index (χ0n) is 26.1. The van der Waals surface area contributed by atoms with E-state index in [1.165, 1.54) is 122 Å². The fraction of sp³-hybridized carbons (Fsp3) is 0.800. The van der Waals surface area contributed by atoms with E-state index in [0.29, 0.717) is 18.0 Å². The molecule has 4 atom stereocenters. The van der Waals surface area contributed by atoms with Gasteiger partial charge in [0.2, 0.25) is 0 Å². The van der Waals surface area contributed by atoms with Crippen LogP contribution >= 0.6 is 0 Å². The maximum absolute atomic E-state index is 12.8. The highest BCUT2D eigenvalue weighted by Gasteiger charge is 2.29. The Kier molecular flexibility index (Phi) is 12.4. The minimum atomic E-state index is 0.0982. The molecule has 4 fully saturated rings. The highest BCUT2D eigenvalue weighted by atomic mass is 16.1. The molecule has 0 radical (unpaired) electrons. The van der Waals surface area contributed by atoms with Gasteiger partial charge in [-0.05, 0) is 112 Å². The Labute approximate surface area is 246 Å². The van der Waals surface area contributed by atoms with E-state index in [4.69, 9.17) is 5.73 Å². The van der Waals surface area contributed by atoms with Gasteiger partial charge in [-0.15, -0.1) is 0 Å². The van der Waals surface area contributed by atoms with E-state index in [9.17, 15) is 4.79 Å². The Balaban J connectivity index is 0.000000222. The maximum Gasteiger partial charge on any atom is 0.251 e. The molecule has 5 heteroatoms. The smallest absolute Gasteiger partial charge is 0.251 e. The number of benzene rings is 1. The van der Waals surface area contributed by atoms with E-state index in [1.54, 1.807) is 0 Å². The molecule has 2 aliphatic heterocycles. The zero-order chi connectivity index (χ0) is 28.4. The first kappa shape index (κ1) is 31.5. The number of rotatable bonds is 6. The van der Waals surface area contributed by atoms with Crippen LogP contribution in [0, 0.1) is 11.8 Å². The molecular weight excluding hydrogens is 492 g/mol. The maximum atomic E-state index is 12.8. The molecule has 226 valence electrons. The summed E-state index contributed by atoms with van der Waals surface area (Å²) < 4.78 is 0. The van der Waals surface area contributed by atoms with Gasteiger partial charge in [0.1, 0.15) is 0 Å². The average molecular weight is 553 g/mol. The van der Waals surface area contributed by atoms with Crippen LogP contribution in [0.4, 0.5) is 0 Å². The summed E-state index contributed by atoms with van der Waals surface area (Å²) in [4.78, 5) is 18.0. The average Bonchev–Trinajstić information content (AvgIpc) is 2.96. The Bertz CT molecular complexity index is 866. The second kappa shape index (κ2) is 15.7. The third-order valence-corrected chi connectivity index (χ3v) is 10.1. The molecule has 2 aliphatic carbocycles. The molecule has 0 spiro atoms. The standard InChI is InChI=1S/C23H36N2O.C12H24N2/c1-23(2,3)20-13-11-18(12-14-20)22(26)24-21-10-6-5-9-19(21)17-25-15-7-4-8-16-25;13-12-7-3-2-6-11(12)10-14-8-4-1-5-9-14/h11-14,19,21H,4-10,15-17H2,1-3H3,(H,24,26);11-12H,1-10,13H2/t19-,21+;/m0./s1. The zero-order valence-corrected chi connectivity index (χ0v) is 26.1. The Morgan fingerprint density at radius 3 is 1.77 bits per heavy atom. The van der Waals surface area contributed by atoms with Gasteiger partial charge in [0, 0.05) is 30.7 Å². The molecule has 3 N–H and O–H groups in total. The number of piperidine rings is 2. The summed E-state index contributed by atoms with van der Waals surface area (Å²) in [6, 6.07) is 8.99. The van der Waals surface area contributed by atoms with E-state index >= 15 is 0 Å². The van der Waals surface area contributed by atoms with Crippen molar-refractivity contribution in [1.29, 1.82) is 0 Å².